The summed E-state index contributed by atoms with van der Waals surface area (Å²) in [5.41, 5.74) is 1.46. The molecule has 0 radical (unpaired) electrons. The zero-order valence-corrected chi connectivity index (χ0v) is 14.8. The van der Waals surface area contributed by atoms with Crippen LogP contribution in [0, 0.1) is 0 Å². The molecule has 1 heterocycles. The summed E-state index contributed by atoms with van der Waals surface area (Å²) >= 11 is 0. The van der Waals surface area contributed by atoms with E-state index in [2.05, 4.69) is 15.5 Å². The highest BCUT2D eigenvalue weighted by molar-refractivity contribution is 6.01. The molecule has 27 heavy (non-hydrogen) atoms. The molecule has 0 aliphatic carbocycles. The number of hydrogen-bond donors (Lipinski definition) is 1. The van der Waals surface area contributed by atoms with Gasteiger partial charge in [0.25, 0.3) is 5.89 Å². The summed E-state index contributed by atoms with van der Waals surface area (Å²) in [5.74, 6) is -0.440. The minimum Gasteiger partial charge on any atom is -0.496 e. The first-order valence-corrected chi connectivity index (χ1v) is 8.17. The van der Waals surface area contributed by atoms with Gasteiger partial charge in [-0.1, -0.05) is 12.1 Å². The molecule has 1 N–H and O–H groups in total. The summed E-state index contributed by atoms with van der Waals surface area (Å²) in [6, 6.07) is 13.4. The van der Waals surface area contributed by atoms with E-state index in [1.165, 1.54) is 7.11 Å². The zero-order chi connectivity index (χ0) is 19.2. The number of amides is 1. The fourth-order valence-electron chi connectivity index (χ4n) is 2.33. The Bertz CT molecular complexity index is 950. The minimum absolute atomic E-state index is 0.176. The molecule has 3 aromatic rings. The van der Waals surface area contributed by atoms with Crippen molar-refractivity contribution in [2.24, 2.45) is 0 Å². The van der Waals surface area contributed by atoms with Gasteiger partial charge in [0.05, 0.1) is 24.8 Å². The lowest BCUT2D eigenvalue weighted by Crippen LogP contribution is -2.12. The van der Waals surface area contributed by atoms with Crippen molar-refractivity contribution in [2.75, 3.05) is 19.0 Å². The van der Waals surface area contributed by atoms with E-state index in [0.717, 1.165) is 0 Å². The van der Waals surface area contributed by atoms with Gasteiger partial charge in [0.2, 0.25) is 0 Å². The number of esters is 1. The molecule has 3 rings (SSSR count). The normalized spacial score (nSPS) is 10.3. The molecule has 138 valence electrons. The largest absolute Gasteiger partial charge is 0.496 e. The van der Waals surface area contributed by atoms with Gasteiger partial charge in [-0.05, 0) is 43.3 Å². The van der Waals surface area contributed by atoms with Gasteiger partial charge >= 0.3 is 17.8 Å². The topological polar surface area (TPSA) is 104 Å². The van der Waals surface area contributed by atoms with Gasteiger partial charge in [0, 0.05) is 5.69 Å². The molecule has 0 spiro atoms. The fraction of sp³-hybridized carbons (Fsp3) is 0.158. The van der Waals surface area contributed by atoms with Crippen LogP contribution in [0.2, 0.25) is 0 Å². The Kier molecular flexibility index (Phi) is 5.46. The molecule has 0 aliphatic rings. The standard InChI is InChI=1S/C19H17N3O5/c1-3-26-19(24)12-8-10-13(11-9-12)20-16(23)18-22-21-17(27-18)14-6-4-5-7-15(14)25-2/h4-11H,3H2,1-2H3,(H,20,23). The van der Waals surface area contributed by atoms with Crippen LogP contribution in [0.5, 0.6) is 5.75 Å². The molecule has 0 saturated carbocycles. The van der Waals surface area contributed by atoms with Gasteiger partial charge in [-0.2, -0.15) is 0 Å². The van der Waals surface area contributed by atoms with E-state index in [0.29, 0.717) is 29.2 Å². The van der Waals surface area contributed by atoms with E-state index in [1.54, 1.807) is 49.4 Å². The predicted octanol–water partition coefficient (Wildman–Crippen LogP) is 3.17. The number of benzene rings is 2. The Morgan fingerprint density at radius 3 is 2.52 bits per heavy atom. The Labute approximate surface area is 155 Å². The monoisotopic (exact) mass is 367 g/mol. The molecule has 0 saturated heterocycles. The molecule has 8 heteroatoms. The second kappa shape index (κ2) is 8.13. The van der Waals surface area contributed by atoms with Crippen LogP contribution < -0.4 is 10.1 Å². The number of hydrogen-bond acceptors (Lipinski definition) is 7. The highest BCUT2D eigenvalue weighted by Gasteiger charge is 2.18. The summed E-state index contributed by atoms with van der Waals surface area (Å²) in [4.78, 5) is 23.9. The minimum atomic E-state index is -0.562. The third kappa shape index (κ3) is 4.12. The Morgan fingerprint density at radius 1 is 1.07 bits per heavy atom. The average Bonchev–Trinajstić information content (AvgIpc) is 3.19. The Hall–Kier alpha value is -3.68. The number of nitrogens with zero attached hydrogens (tertiary/aromatic N) is 2. The SMILES string of the molecule is CCOC(=O)c1ccc(NC(=O)c2nnc(-c3ccccc3OC)o2)cc1. The Balaban J connectivity index is 1.72. The predicted molar refractivity (Wildman–Crippen MR) is 96.6 cm³/mol. The quantitative estimate of drug-likeness (QED) is 0.667. The summed E-state index contributed by atoms with van der Waals surface area (Å²) in [5, 5.41) is 10.3. The molecule has 0 aliphatic heterocycles. The molecule has 1 aromatic heterocycles. The molecule has 1 amide bonds. The van der Waals surface area contributed by atoms with Crippen LogP contribution >= 0.6 is 0 Å². The van der Waals surface area contributed by atoms with Crippen molar-refractivity contribution in [3.8, 4) is 17.2 Å². The van der Waals surface area contributed by atoms with Crippen LogP contribution in [0.25, 0.3) is 11.5 Å². The van der Waals surface area contributed by atoms with Crippen molar-refractivity contribution in [1.29, 1.82) is 0 Å². The first kappa shape index (κ1) is 18.1. The maximum Gasteiger partial charge on any atom is 0.338 e. The number of carbonyl (C=O) groups excluding carboxylic acids is 2. The van der Waals surface area contributed by atoms with E-state index >= 15 is 0 Å². The van der Waals surface area contributed by atoms with Crippen LogP contribution in [0.1, 0.15) is 28.0 Å². The fourth-order valence-corrected chi connectivity index (χ4v) is 2.33. The van der Waals surface area contributed by atoms with E-state index in [9.17, 15) is 9.59 Å². The van der Waals surface area contributed by atoms with Crippen molar-refractivity contribution in [1.82, 2.24) is 10.2 Å². The molecular formula is C19H17N3O5. The number of ether oxygens (including phenoxy) is 2. The maximum atomic E-state index is 12.3. The molecule has 2 aromatic carbocycles. The van der Waals surface area contributed by atoms with Gasteiger partial charge in [-0.15, -0.1) is 10.2 Å². The van der Waals surface area contributed by atoms with Crippen LogP contribution in [-0.2, 0) is 4.74 Å². The van der Waals surface area contributed by atoms with E-state index in [-0.39, 0.29) is 11.8 Å². The van der Waals surface area contributed by atoms with Crippen molar-refractivity contribution in [3.05, 3.63) is 60.0 Å². The lowest BCUT2D eigenvalue weighted by atomic mass is 10.2. The lowest BCUT2D eigenvalue weighted by Gasteiger charge is -2.05. The third-order valence-electron chi connectivity index (χ3n) is 3.61. The highest BCUT2D eigenvalue weighted by Crippen LogP contribution is 2.28. The number of aromatic nitrogens is 2. The second-order valence-corrected chi connectivity index (χ2v) is 5.36. The van der Waals surface area contributed by atoms with Crippen molar-refractivity contribution >= 4 is 17.6 Å². The summed E-state index contributed by atoms with van der Waals surface area (Å²) in [7, 11) is 1.53. The summed E-state index contributed by atoms with van der Waals surface area (Å²) < 4.78 is 15.6. The van der Waals surface area contributed by atoms with Crippen molar-refractivity contribution in [2.45, 2.75) is 6.92 Å². The zero-order valence-electron chi connectivity index (χ0n) is 14.8. The van der Waals surface area contributed by atoms with Crippen LogP contribution in [0.3, 0.4) is 0 Å². The number of carbonyl (C=O) groups is 2. The third-order valence-corrected chi connectivity index (χ3v) is 3.61. The molecule has 0 unspecified atom stereocenters. The number of anilines is 1. The number of para-hydroxylation sites is 1. The molecule has 0 bridgehead atoms. The van der Waals surface area contributed by atoms with Gasteiger partial charge in [0.1, 0.15) is 5.75 Å². The van der Waals surface area contributed by atoms with E-state index in [1.807, 2.05) is 6.07 Å². The van der Waals surface area contributed by atoms with Crippen LogP contribution in [0.4, 0.5) is 5.69 Å². The highest BCUT2D eigenvalue weighted by atomic mass is 16.5. The van der Waals surface area contributed by atoms with E-state index < -0.39 is 11.9 Å². The smallest absolute Gasteiger partial charge is 0.338 e. The van der Waals surface area contributed by atoms with Gasteiger partial charge in [-0.3, -0.25) is 4.79 Å². The van der Waals surface area contributed by atoms with Crippen molar-refractivity contribution < 1.29 is 23.5 Å². The van der Waals surface area contributed by atoms with Gasteiger partial charge in [-0.25, -0.2) is 4.79 Å². The van der Waals surface area contributed by atoms with Crippen LogP contribution in [-0.4, -0.2) is 35.8 Å². The first-order valence-electron chi connectivity index (χ1n) is 8.17. The van der Waals surface area contributed by atoms with Crippen molar-refractivity contribution in [3.63, 3.8) is 0 Å². The number of rotatable bonds is 6. The Morgan fingerprint density at radius 2 is 1.81 bits per heavy atom. The molecular weight excluding hydrogens is 350 g/mol. The number of methoxy groups -OCH3 is 1. The summed E-state index contributed by atoms with van der Waals surface area (Å²) in [6.45, 7) is 2.03. The molecule has 0 atom stereocenters. The molecule has 8 nitrogen and oxygen atoms in total. The van der Waals surface area contributed by atoms with Gasteiger partial charge in [0.15, 0.2) is 0 Å². The van der Waals surface area contributed by atoms with E-state index in [4.69, 9.17) is 13.9 Å². The summed E-state index contributed by atoms with van der Waals surface area (Å²) in [6.07, 6.45) is 0. The first-order chi connectivity index (χ1) is 13.1. The number of nitrogens with one attached hydrogen (secondary N) is 1. The molecule has 0 fully saturated rings. The van der Waals surface area contributed by atoms with Gasteiger partial charge < -0.3 is 19.2 Å². The van der Waals surface area contributed by atoms with Crippen LogP contribution in [0.15, 0.2) is 52.9 Å². The lowest BCUT2D eigenvalue weighted by molar-refractivity contribution is 0.0526. The average molecular weight is 367 g/mol. The second-order valence-electron chi connectivity index (χ2n) is 5.36. The maximum absolute atomic E-state index is 12.3.